The van der Waals surface area contributed by atoms with Crippen LogP contribution in [-0.2, 0) is 12.8 Å². The molecule has 0 spiro atoms. The molecule has 0 bridgehead atoms. The molecule has 0 aliphatic heterocycles. The van der Waals surface area contributed by atoms with Gasteiger partial charge in [-0.1, -0.05) is 24.3 Å². The van der Waals surface area contributed by atoms with Crippen molar-refractivity contribution in [2.75, 3.05) is 5.73 Å². The predicted octanol–water partition coefficient (Wildman–Crippen LogP) is 3.50. The second-order valence-electron chi connectivity index (χ2n) is 4.77. The lowest BCUT2D eigenvalue weighted by Crippen LogP contribution is -1.92. The summed E-state index contributed by atoms with van der Waals surface area (Å²) >= 11 is 0. The number of hydrogen-bond donors (Lipinski definition) is 1. The molecule has 0 unspecified atom stereocenters. The van der Waals surface area contributed by atoms with Gasteiger partial charge in [0.2, 0.25) is 0 Å². The number of oxazole rings is 1. The maximum atomic E-state index is 5.76. The van der Waals surface area contributed by atoms with E-state index in [1.807, 2.05) is 36.4 Å². The maximum absolute atomic E-state index is 5.76. The standard InChI is InChI=1S/C16H16N2O/c1-11-3-2-4-14-16(11)18-15(19-14)10-7-12-5-8-13(17)9-6-12/h2-6,8-9H,7,10,17H2,1H3. The molecule has 3 aromatic rings. The molecule has 3 nitrogen and oxygen atoms in total. The van der Waals surface area contributed by atoms with E-state index in [1.54, 1.807) is 0 Å². The fourth-order valence-corrected chi connectivity index (χ4v) is 2.17. The van der Waals surface area contributed by atoms with E-state index in [0.29, 0.717) is 0 Å². The Morgan fingerprint density at radius 1 is 1.05 bits per heavy atom. The van der Waals surface area contributed by atoms with E-state index in [0.717, 1.165) is 41.1 Å². The van der Waals surface area contributed by atoms with Gasteiger partial charge in [-0.3, -0.25) is 0 Å². The van der Waals surface area contributed by atoms with Gasteiger partial charge >= 0.3 is 0 Å². The van der Waals surface area contributed by atoms with E-state index in [2.05, 4.69) is 18.0 Å². The van der Waals surface area contributed by atoms with Crippen molar-refractivity contribution in [3.05, 3.63) is 59.5 Å². The van der Waals surface area contributed by atoms with Crippen LogP contribution in [0.3, 0.4) is 0 Å². The molecule has 0 atom stereocenters. The zero-order valence-electron chi connectivity index (χ0n) is 10.9. The molecule has 2 N–H and O–H groups in total. The first-order valence-electron chi connectivity index (χ1n) is 6.42. The van der Waals surface area contributed by atoms with E-state index < -0.39 is 0 Å². The predicted molar refractivity (Wildman–Crippen MR) is 77.0 cm³/mol. The molecule has 0 radical (unpaired) electrons. The van der Waals surface area contributed by atoms with Crippen molar-refractivity contribution in [3.63, 3.8) is 0 Å². The summed E-state index contributed by atoms with van der Waals surface area (Å²) in [5.74, 6) is 0.793. The third kappa shape index (κ3) is 2.45. The van der Waals surface area contributed by atoms with Crippen LogP contribution in [-0.4, -0.2) is 4.98 Å². The van der Waals surface area contributed by atoms with E-state index in [-0.39, 0.29) is 0 Å². The van der Waals surface area contributed by atoms with Gasteiger partial charge in [0.25, 0.3) is 0 Å². The van der Waals surface area contributed by atoms with Crippen LogP contribution in [0.25, 0.3) is 11.1 Å². The lowest BCUT2D eigenvalue weighted by atomic mass is 10.1. The Morgan fingerprint density at radius 3 is 2.58 bits per heavy atom. The average molecular weight is 252 g/mol. The minimum atomic E-state index is 0.793. The Bertz CT molecular complexity index is 698. The molecule has 0 fully saturated rings. The Labute approximate surface area is 112 Å². The number of aromatic nitrogens is 1. The summed E-state index contributed by atoms with van der Waals surface area (Å²) in [6.07, 6.45) is 1.71. The van der Waals surface area contributed by atoms with Crippen molar-refractivity contribution < 1.29 is 4.42 Å². The molecule has 0 aliphatic rings. The molecule has 96 valence electrons. The molecule has 1 heterocycles. The summed E-state index contributed by atoms with van der Waals surface area (Å²) in [6.45, 7) is 2.05. The van der Waals surface area contributed by atoms with Crippen LogP contribution >= 0.6 is 0 Å². The van der Waals surface area contributed by atoms with Crippen molar-refractivity contribution in [1.82, 2.24) is 4.98 Å². The van der Waals surface area contributed by atoms with Crippen molar-refractivity contribution in [1.29, 1.82) is 0 Å². The van der Waals surface area contributed by atoms with Gasteiger partial charge in [-0.25, -0.2) is 4.98 Å². The highest BCUT2D eigenvalue weighted by Gasteiger charge is 2.07. The van der Waals surface area contributed by atoms with E-state index in [4.69, 9.17) is 10.2 Å². The largest absolute Gasteiger partial charge is 0.441 e. The Balaban J connectivity index is 1.78. The number of fused-ring (bicyclic) bond motifs is 1. The Morgan fingerprint density at radius 2 is 1.84 bits per heavy atom. The minimum Gasteiger partial charge on any atom is -0.441 e. The molecule has 0 aliphatic carbocycles. The monoisotopic (exact) mass is 252 g/mol. The fourth-order valence-electron chi connectivity index (χ4n) is 2.17. The van der Waals surface area contributed by atoms with Crippen LogP contribution in [0.1, 0.15) is 17.0 Å². The molecule has 19 heavy (non-hydrogen) atoms. The van der Waals surface area contributed by atoms with Gasteiger partial charge in [0.05, 0.1) is 0 Å². The highest BCUT2D eigenvalue weighted by Crippen LogP contribution is 2.20. The van der Waals surface area contributed by atoms with Gasteiger partial charge < -0.3 is 10.2 Å². The summed E-state index contributed by atoms with van der Waals surface area (Å²) in [4.78, 5) is 4.55. The summed E-state index contributed by atoms with van der Waals surface area (Å²) in [5.41, 5.74) is 10.7. The summed E-state index contributed by atoms with van der Waals surface area (Å²) < 4.78 is 5.76. The van der Waals surface area contributed by atoms with Crippen LogP contribution in [0.2, 0.25) is 0 Å². The van der Waals surface area contributed by atoms with Crippen LogP contribution in [0, 0.1) is 6.92 Å². The van der Waals surface area contributed by atoms with Crippen LogP contribution < -0.4 is 5.73 Å². The zero-order chi connectivity index (χ0) is 13.2. The van der Waals surface area contributed by atoms with Crippen LogP contribution in [0.5, 0.6) is 0 Å². The number of nitrogen functional groups attached to an aromatic ring is 1. The van der Waals surface area contributed by atoms with E-state index in [9.17, 15) is 0 Å². The first kappa shape index (κ1) is 11.8. The molecule has 3 rings (SSSR count). The van der Waals surface area contributed by atoms with Gasteiger partial charge in [-0.05, 0) is 42.7 Å². The smallest absolute Gasteiger partial charge is 0.195 e. The van der Waals surface area contributed by atoms with E-state index >= 15 is 0 Å². The van der Waals surface area contributed by atoms with Gasteiger partial charge in [-0.15, -0.1) is 0 Å². The van der Waals surface area contributed by atoms with Crippen molar-refractivity contribution in [3.8, 4) is 0 Å². The highest BCUT2D eigenvalue weighted by atomic mass is 16.3. The number of hydrogen-bond acceptors (Lipinski definition) is 3. The molecule has 0 amide bonds. The molecule has 0 saturated carbocycles. The molecule has 3 heteroatoms. The molecule has 2 aromatic carbocycles. The van der Waals surface area contributed by atoms with E-state index in [1.165, 1.54) is 5.56 Å². The third-order valence-electron chi connectivity index (χ3n) is 3.27. The quantitative estimate of drug-likeness (QED) is 0.726. The van der Waals surface area contributed by atoms with Gasteiger partial charge in [0.15, 0.2) is 11.5 Å². The highest BCUT2D eigenvalue weighted by molar-refractivity contribution is 5.76. The minimum absolute atomic E-state index is 0.793. The number of para-hydroxylation sites is 1. The lowest BCUT2D eigenvalue weighted by molar-refractivity contribution is 0.528. The fraction of sp³-hybridized carbons (Fsp3) is 0.188. The van der Waals surface area contributed by atoms with Gasteiger partial charge in [0.1, 0.15) is 5.52 Å². The number of nitrogens with two attached hydrogens (primary N) is 1. The Kier molecular flexibility index (Phi) is 2.95. The van der Waals surface area contributed by atoms with Gasteiger partial charge in [0, 0.05) is 12.1 Å². The van der Waals surface area contributed by atoms with Crippen molar-refractivity contribution >= 4 is 16.8 Å². The normalized spacial score (nSPS) is 11.0. The second-order valence-corrected chi connectivity index (χ2v) is 4.77. The number of anilines is 1. The number of benzene rings is 2. The van der Waals surface area contributed by atoms with Crippen LogP contribution in [0.4, 0.5) is 5.69 Å². The maximum Gasteiger partial charge on any atom is 0.195 e. The Hall–Kier alpha value is -2.29. The first-order valence-corrected chi connectivity index (χ1v) is 6.42. The molecule has 0 saturated heterocycles. The zero-order valence-corrected chi connectivity index (χ0v) is 10.9. The lowest BCUT2D eigenvalue weighted by Gasteiger charge is -1.99. The average Bonchev–Trinajstić information content (AvgIpc) is 2.83. The van der Waals surface area contributed by atoms with Crippen molar-refractivity contribution in [2.24, 2.45) is 0 Å². The topological polar surface area (TPSA) is 52.0 Å². The first-order chi connectivity index (χ1) is 9.22. The second kappa shape index (κ2) is 4.76. The summed E-state index contributed by atoms with van der Waals surface area (Å²) in [5, 5.41) is 0. The molecule has 1 aromatic heterocycles. The van der Waals surface area contributed by atoms with Gasteiger partial charge in [-0.2, -0.15) is 0 Å². The number of aryl methyl sites for hydroxylation is 3. The number of nitrogens with zero attached hydrogens (tertiary/aromatic N) is 1. The SMILES string of the molecule is Cc1cccc2oc(CCc3ccc(N)cc3)nc12. The van der Waals surface area contributed by atoms with Crippen molar-refractivity contribution in [2.45, 2.75) is 19.8 Å². The molecular weight excluding hydrogens is 236 g/mol. The summed E-state index contributed by atoms with van der Waals surface area (Å²) in [6, 6.07) is 13.9. The molecular formula is C16H16N2O. The number of rotatable bonds is 3. The summed E-state index contributed by atoms with van der Waals surface area (Å²) in [7, 11) is 0. The van der Waals surface area contributed by atoms with Crippen LogP contribution in [0.15, 0.2) is 46.9 Å². The third-order valence-corrected chi connectivity index (χ3v) is 3.27.